The van der Waals surface area contributed by atoms with Crippen molar-refractivity contribution < 1.29 is 33.1 Å². The quantitative estimate of drug-likeness (QED) is 0.334. The van der Waals surface area contributed by atoms with Crippen LogP contribution in [0.3, 0.4) is 0 Å². The zero-order chi connectivity index (χ0) is 25.0. The number of H-pyrrole nitrogens is 1. The summed E-state index contributed by atoms with van der Waals surface area (Å²) >= 11 is 3.41. The first-order valence-electron chi connectivity index (χ1n) is 10.8. The number of aliphatic hydroxyl groups is 2. The molecule has 5 N–H and O–H groups in total. The molecule has 2 aliphatic heterocycles. The molecule has 2 fully saturated rings. The second kappa shape index (κ2) is 9.09. The number of hydrogen-bond donors (Lipinski definition) is 4. The number of phosphoric ester groups is 1. The molecule has 0 spiro atoms. The van der Waals surface area contributed by atoms with E-state index in [1.807, 2.05) is 24.3 Å². The van der Waals surface area contributed by atoms with Gasteiger partial charge in [-0.3, -0.25) is 23.3 Å². The maximum Gasteiger partial charge on any atom is 0.475 e. The predicted molar refractivity (Wildman–Crippen MR) is 127 cm³/mol. The summed E-state index contributed by atoms with van der Waals surface area (Å²) in [6.07, 6.45) is -2.17. The normalized spacial score (nSPS) is 33.4. The Balaban J connectivity index is 1.33. The Morgan fingerprint density at radius 2 is 2.23 bits per heavy atom. The molecule has 5 rings (SSSR count). The van der Waals surface area contributed by atoms with Crippen LogP contribution in [0.15, 0.2) is 45.8 Å². The number of halogens is 1. The minimum absolute atomic E-state index is 0.106. The molecular weight excluding hydrogens is 547 g/mol. The molecule has 0 unspecified atom stereocenters. The number of ether oxygens (including phenoxy) is 1. The highest BCUT2D eigenvalue weighted by molar-refractivity contribution is 9.10. The summed E-state index contributed by atoms with van der Waals surface area (Å²) in [6.45, 7) is 1.15. The van der Waals surface area contributed by atoms with Gasteiger partial charge in [0, 0.05) is 17.1 Å². The van der Waals surface area contributed by atoms with Gasteiger partial charge in [0.2, 0.25) is 5.95 Å². The summed E-state index contributed by atoms with van der Waals surface area (Å²) in [5.41, 5.74) is 4.40. The van der Waals surface area contributed by atoms with Crippen LogP contribution in [-0.4, -0.2) is 55.8 Å². The number of nitrogens with two attached hydrogens (primary N) is 1. The average molecular weight is 571 g/mol. The van der Waals surface area contributed by atoms with Crippen LogP contribution in [0.5, 0.6) is 0 Å². The second-order valence-corrected chi connectivity index (χ2v) is 11.2. The van der Waals surface area contributed by atoms with Crippen molar-refractivity contribution in [2.45, 2.75) is 43.5 Å². The van der Waals surface area contributed by atoms with Gasteiger partial charge in [0.25, 0.3) is 5.56 Å². The Morgan fingerprint density at radius 3 is 3.00 bits per heavy atom. The fraction of sp³-hybridized carbons (Fsp3) is 0.429. The molecule has 35 heavy (non-hydrogen) atoms. The highest BCUT2D eigenvalue weighted by Crippen LogP contribution is 2.57. The van der Waals surface area contributed by atoms with E-state index in [1.54, 1.807) is 0 Å². The predicted octanol–water partition coefficient (Wildman–Crippen LogP) is 2.38. The monoisotopic (exact) mass is 570 g/mol. The van der Waals surface area contributed by atoms with E-state index in [0.717, 1.165) is 10.0 Å². The first kappa shape index (κ1) is 24.6. The summed E-state index contributed by atoms with van der Waals surface area (Å²) in [5, 5.41) is 22.1. The Morgan fingerprint density at radius 1 is 1.43 bits per heavy atom. The lowest BCUT2D eigenvalue weighted by molar-refractivity contribution is -0.0950. The van der Waals surface area contributed by atoms with Crippen molar-refractivity contribution in [1.82, 2.24) is 14.5 Å². The molecule has 0 radical (unpaired) electrons. The number of anilines is 1. The first-order chi connectivity index (χ1) is 16.6. The molecule has 6 atom stereocenters. The molecule has 2 saturated heterocycles. The third-order valence-corrected chi connectivity index (χ3v) is 8.08. The van der Waals surface area contributed by atoms with Crippen LogP contribution in [0, 0.1) is 0 Å². The van der Waals surface area contributed by atoms with Crippen molar-refractivity contribution in [2.24, 2.45) is 0 Å². The Bertz CT molecular complexity index is 1360. The van der Waals surface area contributed by atoms with Gasteiger partial charge in [0.15, 0.2) is 11.9 Å². The van der Waals surface area contributed by atoms with Crippen LogP contribution >= 0.6 is 23.8 Å². The smallest absolute Gasteiger partial charge is 0.387 e. The number of rotatable bonds is 5. The van der Waals surface area contributed by atoms with Crippen LogP contribution in [-0.2, 0) is 22.9 Å². The van der Waals surface area contributed by atoms with Gasteiger partial charge in [-0.25, -0.2) is 4.57 Å². The molecular formula is C21H24BrN4O8P. The van der Waals surface area contributed by atoms with E-state index in [-0.39, 0.29) is 30.2 Å². The van der Waals surface area contributed by atoms with E-state index >= 15 is 0 Å². The van der Waals surface area contributed by atoms with E-state index in [1.165, 1.54) is 23.8 Å². The molecule has 3 aromatic rings. The Kier molecular flexibility index (Phi) is 6.39. The minimum Gasteiger partial charge on any atom is -0.387 e. The van der Waals surface area contributed by atoms with Crippen LogP contribution in [0.4, 0.5) is 5.95 Å². The van der Waals surface area contributed by atoms with E-state index in [0.29, 0.717) is 6.42 Å². The van der Waals surface area contributed by atoms with E-state index in [4.69, 9.17) is 24.0 Å². The number of hydrogen-bond acceptors (Lipinski definition) is 10. The molecule has 2 aliphatic rings. The number of nitrogens with one attached hydrogen (secondary N) is 1. The van der Waals surface area contributed by atoms with Gasteiger partial charge in [-0.1, -0.05) is 28.1 Å². The van der Waals surface area contributed by atoms with Gasteiger partial charge in [0.1, 0.15) is 17.8 Å². The number of aromatic amines is 1. The van der Waals surface area contributed by atoms with Crippen molar-refractivity contribution in [2.75, 3.05) is 18.9 Å². The summed E-state index contributed by atoms with van der Waals surface area (Å²) in [4.78, 5) is 18.7. The van der Waals surface area contributed by atoms with Gasteiger partial charge >= 0.3 is 7.82 Å². The third kappa shape index (κ3) is 4.58. The van der Waals surface area contributed by atoms with Gasteiger partial charge in [-0.05, 0) is 30.7 Å². The number of nitrogens with zero attached hydrogens (tertiary/aromatic N) is 2. The molecule has 0 aliphatic carbocycles. The lowest BCUT2D eigenvalue weighted by atomic mass is 9.96. The van der Waals surface area contributed by atoms with Crippen LogP contribution in [0.2, 0.25) is 0 Å². The van der Waals surface area contributed by atoms with E-state index in [2.05, 4.69) is 25.9 Å². The molecule has 14 heteroatoms. The molecule has 188 valence electrons. The summed E-state index contributed by atoms with van der Waals surface area (Å²) < 4.78 is 37.8. The fourth-order valence-corrected chi connectivity index (χ4v) is 6.11. The highest BCUT2D eigenvalue weighted by Gasteiger charge is 2.54. The van der Waals surface area contributed by atoms with Crippen molar-refractivity contribution in [1.29, 1.82) is 0 Å². The molecule has 0 saturated carbocycles. The number of aliphatic hydroxyl groups excluding tert-OH is 1. The molecule has 1 aromatic carbocycles. The Labute approximate surface area is 207 Å². The largest absolute Gasteiger partial charge is 0.475 e. The molecule has 12 nitrogen and oxygen atoms in total. The maximum atomic E-state index is 13.1. The topological polar surface area (TPSA) is 171 Å². The number of phosphoric acid groups is 1. The summed E-state index contributed by atoms with van der Waals surface area (Å²) in [6, 6.07) is 8.92. The number of aromatic nitrogens is 3. The summed E-state index contributed by atoms with van der Waals surface area (Å²) in [7, 11) is -3.97. The second-order valence-electron chi connectivity index (χ2n) is 8.62. The zero-order valence-electron chi connectivity index (χ0n) is 18.5. The summed E-state index contributed by atoms with van der Waals surface area (Å²) in [5.74, 6) is -0.106. The van der Waals surface area contributed by atoms with Crippen LogP contribution < -0.4 is 11.3 Å². The average Bonchev–Trinajstić information content (AvgIpc) is 3.31. The van der Waals surface area contributed by atoms with Crippen LogP contribution in [0.25, 0.3) is 11.0 Å². The van der Waals surface area contributed by atoms with Crippen molar-refractivity contribution >= 4 is 40.7 Å². The van der Waals surface area contributed by atoms with Gasteiger partial charge in [-0.15, -0.1) is 0 Å². The lowest BCUT2D eigenvalue weighted by Crippen LogP contribution is -2.44. The van der Waals surface area contributed by atoms with Crippen molar-refractivity contribution in [3.05, 3.63) is 56.9 Å². The van der Waals surface area contributed by atoms with Gasteiger partial charge in [0.05, 0.1) is 24.7 Å². The first-order valence-corrected chi connectivity index (χ1v) is 13.1. The SMILES string of the molecule is C[C@@]1(O)[C@H](O)[C@@H](CO[P@@]2(=O)OCC[C@@H](c3cccc(Br)c3)O2)O[C@H]1n1ccc2c(=O)[nH]c(N)nc21. The van der Waals surface area contributed by atoms with E-state index < -0.39 is 43.5 Å². The zero-order valence-corrected chi connectivity index (χ0v) is 21.0. The van der Waals surface area contributed by atoms with Gasteiger partial charge < -0.3 is 25.3 Å². The maximum absolute atomic E-state index is 13.1. The Hall–Kier alpha value is -2.09. The highest BCUT2D eigenvalue weighted by atomic mass is 79.9. The molecule has 0 bridgehead atoms. The van der Waals surface area contributed by atoms with E-state index in [9.17, 15) is 19.6 Å². The number of benzene rings is 1. The molecule has 2 aromatic heterocycles. The lowest BCUT2D eigenvalue weighted by Gasteiger charge is -2.30. The van der Waals surface area contributed by atoms with Gasteiger partial charge in [-0.2, -0.15) is 4.98 Å². The minimum atomic E-state index is -3.97. The number of fused-ring (bicyclic) bond motifs is 1. The molecule has 4 heterocycles. The number of nitrogen functional groups attached to an aromatic ring is 1. The standard InChI is InChI=1S/C21H24BrN4O8P/c1-21(29)16(27)15(33-19(21)26-7-5-13-17(26)24-20(23)25-18(13)28)10-32-35(30)31-8-6-14(34-35)11-3-2-4-12(22)9-11/h2-5,7,9,14-16,19,27,29H,6,8,10H2,1H3,(H3,23,24,25,28)/t14-,15+,16+,19+,21+,35+/m0/s1. The van der Waals surface area contributed by atoms with Crippen molar-refractivity contribution in [3.8, 4) is 0 Å². The fourth-order valence-electron chi connectivity index (χ4n) is 4.30. The van der Waals surface area contributed by atoms with Crippen molar-refractivity contribution in [3.63, 3.8) is 0 Å². The van der Waals surface area contributed by atoms with Crippen LogP contribution in [0.1, 0.15) is 31.2 Å². The molecule has 0 amide bonds. The third-order valence-electron chi connectivity index (χ3n) is 6.11.